The minimum Gasteiger partial charge on any atom is -0.335 e. The van der Waals surface area contributed by atoms with Gasteiger partial charge >= 0.3 is 0 Å². The van der Waals surface area contributed by atoms with E-state index in [1.807, 2.05) is 18.2 Å². The number of alkyl halides is 1. The Bertz CT molecular complexity index is 433. The summed E-state index contributed by atoms with van der Waals surface area (Å²) in [5.41, 5.74) is -0.629. The van der Waals surface area contributed by atoms with E-state index >= 15 is 0 Å². The van der Waals surface area contributed by atoms with Crippen LogP contribution in [0.1, 0.15) is 31.2 Å². The highest BCUT2D eigenvalue weighted by Gasteiger charge is 2.48. The number of hydrogen-bond acceptors (Lipinski definition) is 1. The maximum atomic E-state index is 14.5. The average molecular weight is 247 g/mol. The zero-order valence-corrected chi connectivity index (χ0v) is 10.4. The lowest BCUT2D eigenvalue weighted by Crippen LogP contribution is -2.59. The fourth-order valence-electron chi connectivity index (χ4n) is 3.06. The molecule has 1 aliphatic heterocycles. The van der Waals surface area contributed by atoms with E-state index in [4.69, 9.17) is 0 Å². The molecule has 0 spiro atoms. The van der Waals surface area contributed by atoms with E-state index in [1.165, 1.54) is 0 Å². The van der Waals surface area contributed by atoms with E-state index in [9.17, 15) is 9.18 Å². The molecule has 2 aliphatic rings. The Hall–Kier alpha value is -1.38. The zero-order valence-electron chi connectivity index (χ0n) is 10.4. The number of carbonyl (C=O) groups excluding carboxylic acids is 1. The molecule has 3 heteroatoms. The molecule has 0 radical (unpaired) electrons. The molecule has 0 bridgehead atoms. The zero-order chi connectivity index (χ0) is 12.6. The first-order chi connectivity index (χ1) is 8.69. The molecule has 2 fully saturated rings. The summed E-state index contributed by atoms with van der Waals surface area (Å²) in [6, 6.07) is 9.18. The number of hydrogen-bond donors (Lipinski definition) is 0. The van der Waals surface area contributed by atoms with Gasteiger partial charge in [-0.3, -0.25) is 4.79 Å². The van der Waals surface area contributed by atoms with Crippen LogP contribution in [-0.2, 0) is 10.5 Å². The first-order valence-electron chi connectivity index (χ1n) is 6.72. The Kier molecular flexibility index (Phi) is 2.84. The third-order valence-corrected chi connectivity index (χ3v) is 4.19. The Morgan fingerprint density at radius 1 is 1.17 bits per heavy atom. The number of amides is 1. The topological polar surface area (TPSA) is 20.3 Å². The molecule has 1 saturated heterocycles. The van der Waals surface area contributed by atoms with E-state index in [2.05, 4.69) is 0 Å². The van der Waals surface area contributed by atoms with Crippen LogP contribution in [0.15, 0.2) is 30.3 Å². The fraction of sp³-hybridized carbons (Fsp3) is 0.533. The van der Waals surface area contributed by atoms with Crippen molar-refractivity contribution in [3.05, 3.63) is 35.9 Å². The van der Waals surface area contributed by atoms with Crippen molar-refractivity contribution in [2.24, 2.45) is 5.92 Å². The van der Waals surface area contributed by atoms with E-state index in [0.717, 1.165) is 25.7 Å². The van der Waals surface area contributed by atoms with Crippen molar-refractivity contribution in [1.82, 2.24) is 4.90 Å². The third-order valence-electron chi connectivity index (χ3n) is 4.19. The first-order valence-corrected chi connectivity index (χ1v) is 6.72. The summed E-state index contributed by atoms with van der Waals surface area (Å²) < 4.78 is 14.5. The molecule has 1 heterocycles. The van der Waals surface area contributed by atoms with Gasteiger partial charge in [-0.1, -0.05) is 43.2 Å². The van der Waals surface area contributed by atoms with Crippen molar-refractivity contribution in [2.45, 2.75) is 31.4 Å². The SMILES string of the molecule is O=C(C1CCCC1)N1CC(F)(c2ccccc2)C1. The summed E-state index contributed by atoms with van der Waals surface area (Å²) in [7, 11) is 0. The second-order valence-corrected chi connectivity index (χ2v) is 5.51. The summed E-state index contributed by atoms with van der Waals surface area (Å²) in [5, 5.41) is 0. The minimum atomic E-state index is -1.32. The maximum absolute atomic E-state index is 14.5. The number of nitrogens with zero attached hydrogens (tertiary/aromatic N) is 1. The number of rotatable bonds is 2. The molecule has 0 aromatic heterocycles. The molecule has 3 rings (SSSR count). The van der Waals surface area contributed by atoms with Crippen molar-refractivity contribution in [3.8, 4) is 0 Å². The van der Waals surface area contributed by atoms with Crippen molar-refractivity contribution in [3.63, 3.8) is 0 Å². The van der Waals surface area contributed by atoms with Crippen molar-refractivity contribution in [2.75, 3.05) is 13.1 Å². The predicted molar refractivity (Wildman–Crippen MR) is 67.8 cm³/mol. The van der Waals surface area contributed by atoms with E-state index < -0.39 is 5.67 Å². The van der Waals surface area contributed by atoms with Gasteiger partial charge in [-0.15, -0.1) is 0 Å². The number of halogens is 1. The van der Waals surface area contributed by atoms with E-state index in [0.29, 0.717) is 5.56 Å². The van der Waals surface area contributed by atoms with Gasteiger partial charge in [-0.25, -0.2) is 4.39 Å². The van der Waals surface area contributed by atoms with Crippen LogP contribution in [0.25, 0.3) is 0 Å². The van der Waals surface area contributed by atoms with Crippen molar-refractivity contribution < 1.29 is 9.18 Å². The lowest BCUT2D eigenvalue weighted by atomic mass is 9.87. The minimum absolute atomic E-state index is 0.158. The van der Waals surface area contributed by atoms with Gasteiger partial charge in [0.1, 0.15) is 0 Å². The molecule has 1 amide bonds. The average Bonchev–Trinajstić information content (AvgIpc) is 2.89. The van der Waals surface area contributed by atoms with Crippen LogP contribution in [0.4, 0.5) is 4.39 Å². The molecule has 0 unspecified atom stereocenters. The van der Waals surface area contributed by atoms with E-state index in [1.54, 1.807) is 17.0 Å². The Labute approximate surface area is 107 Å². The van der Waals surface area contributed by atoms with Crippen LogP contribution in [0.3, 0.4) is 0 Å². The monoisotopic (exact) mass is 247 g/mol. The predicted octanol–water partition coefficient (Wildman–Crippen LogP) is 2.88. The molecule has 2 nitrogen and oxygen atoms in total. The molecule has 0 N–H and O–H groups in total. The summed E-state index contributed by atoms with van der Waals surface area (Å²) in [6.45, 7) is 0.457. The Balaban J connectivity index is 1.64. The van der Waals surface area contributed by atoms with Gasteiger partial charge in [0.15, 0.2) is 5.67 Å². The highest BCUT2D eigenvalue weighted by molar-refractivity contribution is 5.80. The number of benzene rings is 1. The van der Waals surface area contributed by atoms with Gasteiger partial charge in [0.05, 0.1) is 13.1 Å². The first kappa shape index (κ1) is 11.7. The lowest BCUT2D eigenvalue weighted by molar-refractivity contribution is -0.150. The van der Waals surface area contributed by atoms with Crippen LogP contribution >= 0.6 is 0 Å². The van der Waals surface area contributed by atoms with Crippen LogP contribution in [0.5, 0.6) is 0 Å². The van der Waals surface area contributed by atoms with Crippen molar-refractivity contribution in [1.29, 1.82) is 0 Å². The molecule has 1 aliphatic carbocycles. The molecule has 1 saturated carbocycles. The normalized spacial score (nSPS) is 22.8. The summed E-state index contributed by atoms with van der Waals surface area (Å²) in [4.78, 5) is 13.8. The second kappa shape index (κ2) is 4.38. The van der Waals surface area contributed by atoms with E-state index in [-0.39, 0.29) is 24.9 Å². The molecule has 96 valence electrons. The number of likely N-dealkylation sites (tertiary alicyclic amines) is 1. The smallest absolute Gasteiger partial charge is 0.225 e. The summed E-state index contributed by atoms with van der Waals surface area (Å²) >= 11 is 0. The Morgan fingerprint density at radius 2 is 1.78 bits per heavy atom. The van der Waals surface area contributed by atoms with Crippen molar-refractivity contribution >= 4 is 5.91 Å². The highest BCUT2D eigenvalue weighted by atomic mass is 19.1. The van der Waals surface area contributed by atoms with Gasteiger partial charge in [-0.2, -0.15) is 0 Å². The van der Waals surface area contributed by atoms with Gasteiger partial charge in [0.2, 0.25) is 5.91 Å². The Morgan fingerprint density at radius 3 is 2.39 bits per heavy atom. The standard InChI is InChI=1S/C15H18FNO/c16-15(13-8-2-1-3-9-13)10-17(11-15)14(18)12-6-4-5-7-12/h1-3,8-9,12H,4-7,10-11H2. The quantitative estimate of drug-likeness (QED) is 0.787. The van der Waals surface area contributed by atoms with Crippen LogP contribution in [0.2, 0.25) is 0 Å². The third kappa shape index (κ3) is 1.92. The molecule has 0 atom stereocenters. The van der Waals surface area contributed by atoms with Gasteiger partial charge < -0.3 is 4.90 Å². The van der Waals surface area contributed by atoms with Crippen LogP contribution < -0.4 is 0 Å². The second-order valence-electron chi connectivity index (χ2n) is 5.51. The summed E-state index contributed by atoms with van der Waals surface area (Å²) in [6.07, 6.45) is 4.26. The molecule has 1 aromatic rings. The molecule has 1 aromatic carbocycles. The fourth-order valence-corrected chi connectivity index (χ4v) is 3.06. The molecule has 18 heavy (non-hydrogen) atoms. The van der Waals surface area contributed by atoms with Gasteiger partial charge in [0, 0.05) is 5.92 Å². The van der Waals surface area contributed by atoms with Gasteiger partial charge in [-0.05, 0) is 18.4 Å². The largest absolute Gasteiger partial charge is 0.335 e. The molecular formula is C15H18FNO. The summed E-state index contributed by atoms with van der Waals surface area (Å²) in [5.74, 6) is 0.321. The molecular weight excluding hydrogens is 229 g/mol. The highest BCUT2D eigenvalue weighted by Crippen LogP contribution is 2.38. The lowest BCUT2D eigenvalue weighted by Gasteiger charge is -2.45. The number of carbonyl (C=O) groups is 1. The van der Waals surface area contributed by atoms with Gasteiger partial charge in [0.25, 0.3) is 0 Å². The van der Waals surface area contributed by atoms with Crippen LogP contribution in [-0.4, -0.2) is 23.9 Å². The maximum Gasteiger partial charge on any atom is 0.225 e. The van der Waals surface area contributed by atoms with Crippen LogP contribution in [0, 0.1) is 5.92 Å².